The minimum atomic E-state index is 0. The van der Waals surface area contributed by atoms with Crippen molar-refractivity contribution in [2.24, 2.45) is 46.3 Å². The van der Waals surface area contributed by atoms with Gasteiger partial charge in [0.1, 0.15) is 0 Å². The van der Waals surface area contributed by atoms with E-state index in [1.165, 1.54) is 75.5 Å². The normalized spacial score (nSPS) is 38.4. The Kier molecular flexibility index (Phi) is 12.0. The molecule has 8 atom stereocenters. The molecule has 0 aromatic rings. The van der Waals surface area contributed by atoms with Gasteiger partial charge in [0.2, 0.25) is 0 Å². The summed E-state index contributed by atoms with van der Waals surface area (Å²) in [5.41, 5.74) is 3.73. The van der Waals surface area contributed by atoms with Crippen molar-refractivity contribution < 1.29 is 17.4 Å². The molecule has 4 saturated carbocycles. The van der Waals surface area contributed by atoms with Crippen LogP contribution >= 0.6 is 0 Å². The maximum atomic E-state index is 4.30. The molecule has 4 aliphatic carbocycles. The summed E-state index contributed by atoms with van der Waals surface area (Å²) in [7, 11) is 0. The van der Waals surface area contributed by atoms with Crippen molar-refractivity contribution in [1.82, 2.24) is 5.32 Å². The van der Waals surface area contributed by atoms with E-state index in [0.717, 1.165) is 54.8 Å². The summed E-state index contributed by atoms with van der Waals surface area (Å²) in [5.74, 6) is 5.86. The van der Waals surface area contributed by atoms with Gasteiger partial charge < -0.3 is 5.32 Å². The number of hydrogen-bond donors (Lipinski definition) is 1. The molecule has 2 heteroatoms. The Morgan fingerprint density at radius 1 is 0.914 bits per heavy atom. The molecule has 4 fully saturated rings. The average Bonchev–Trinajstić information content (AvgIpc) is 3.18. The molecule has 4 rings (SSSR count). The molecule has 1 N–H and O–H groups in total. The first-order valence-corrected chi connectivity index (χ1v) is 15.2. The Morgan fingerprint density at radius 3 is 2.34 bits per heavy atom. The Morgan fingerprint density at radius 2 is 1.63 bits per heavy atom. The van der Waals surface area contributed by atoms with E-state index in [9.17, 15) is 0 Å². The fourth-order valence-corrected chi connectivity index (χ4v) is 9.48. The zero-order valence-corrected chi connectivity index (χ0v) is 25.5. The van der Waals surface area contributed by atoms with Crippen LogP contribution in [0.5, 0.6) is 0 Å². The van der Waals surface area contributed by atoms with Crippen molar-refractivity contribution in [3.8, 4) is 0 Å². The van der Waals surface area contributed by atoms with Gasteiger partial charge in [-0.2, -0.15) is 6.42 Å². The molecule has 0 bridgehead atoms. The van der Waals surface area contributed by atoms with Crippen LogP contribution in [-0.2, 0) is 17.4 Å². The van der Waals surface area contributed by atoms with Gasteiger partial charge in [0.15, 0.2) is 0 Å². The molecule has 35 heavy (non-hydrogen) atoms. The van der Waals surface area contributed by atoms with Crippen LogP contribution in [0.2, 0.25) is 0 Å². The van der Waals surface area contributed by atoms with Gasteiger partial charge in [-0.1, -0.05) is 66.0 Å². The second-order valence-corrected chi connectivity index (χ2v) is 13.1. The van der Waals surface area contributed by atoms with Crippen molar-refractivity contribution in [3.05, 3.63) is 31.0 Å². The topological polar surface area (TPSA) is 12.0 Å². The van der Waals surface area contributed by atoms with E-state index in [2.05, 4.69) is 52.7 Å². The first kappa shape index (κ1) is 31.0. The van der Waals surface area contributed by atoms with Crippen molar-refractivity contribution >= 4 is 0 Å². The summed E-state index contributed by atoms with van der Waals surface area (Å²) in [6, 6.07) is 0. The molecule has 0 aromatic carbocycles. The van der Waals surface area contributed by atoms with Crippen molar-refractivity contribution in [3.63, 3.8) is 0 Å². The zero-order chi connectivity index (χ0) is 24.9. The molecule has 4 aliphatic rings. The molecule has 0 heterocycles. The maximum Gasteiger partial charge on any atom is 0 e. The van der Waals surface area contributed by atoms with Gasteiger partial charge in [-0.05, 0) is 123 Å². The summed E-state index contributed by atoms with van der Waals surface area (Å²) in [5, 5.41) is 3.46. The first-order valence-electron chi connectivity index (χ1n) is 15.2. The van der Waals surface area contributed by atoms with Crippen LogP contribution in [0.15, 0.2) is 24.4 Å². The molecule has 8 unspecified atom stereocenters. The number of fused-ring (bicyclic) bond motifs is 5. The number of allylic oxidation sites excluding steroid dienone is 2. The fourth-order valence-electron chi connectivity index (χ4n) is 9.48. The van der Waals surface area contributed by atoms with Gasteiger partial charge in [0, 0.05) is 17.4 Å². The SMILES string of the molecule is C=C(C)CC[CH-]NC(=C)CCC(C)C1CCC2C3CCC4CCCCC4(C)C3CCC12C.CC.[Cr]. The third-order valence-corrected chi connectivity index (χ3v) is 11.3. The van der Waals surface area contributed by atoms with Crippen LogP contribution in [0.4, 0.5) is 0 Å². The predicted molar refractivity (Wildman–Crippen MR) is 150 cm³/mol. The molecule has 0 saturated heterocycles. The van der Waals surface area contributed by atoms with E-state index in [0.29, 0.717) is 10.8 Å². The predicted octanol–water partition coefficient (Wildman–Crippen LogP) is 10.1. The van der Waals surface area contributed by atoms with E-state index >= 15 is 0 Å². The third kappa shape index (κ3) is 6.64. The summed E-state index contributed by atoms with van der Waals surface area (Å²) < 4.78 is 0. The van der Waals surface area contributed by atoms with Crippen LogP contribution in [0, 0.1) is 52.9 Å². The monoisotopic (exact) mass is 520 g/mol. The average molecular weight is 521 g/mol. The smallest absolute Gasteiger partial charge is 0 e. The van der Waals surface area contributed by atoms with E-state index in [1.54, 1.807) is 6.42 Å². The molecule has 0 spiro atoms. The van der Waals surface area contributed by atoms with Crippen molar-refractivity contribution in [2.75, 3.05) is 0 Å². The summed E-state index contributed by atoms with van der Waals surface area (Å²) in [6.07, 6.45) is 19.7. The van der Waals surface area contributed by atoms with E-state index < -0.39 is 0 Å². The van der Waals surface area contributed by atoms with E-state index in [4.69, 9.17) is 0 Å². The van der Waals surface area contributed by atoms with Crippen LogP contribution in [-0.4, -0.2) is 0 Å². The second-order valence-electron chi connectivity index (χ2n) is 13.1. The fraction of sp³-hybridized carbons (Fsp3) is 0.848. The number of hydrogen-bond acceptors (Lipinski definition) is 1. The summed E-state index contributed by atoms with van der Waals surface area (Å²) >= 11 is 0. The Bertz CT molecular complexity index is 685. The van der Waals surface area contributed by atoms with E-state index in [1.807, 2.05) is 13.8 Å². The van der Waals surface area contributed by atoms with E-state index in [-0.39, 0.29) is 17.4 Å². The molecule has 0 amide bonds. The van der Waals surface area contributed by atoms with Crippen LogP contribution in [0.3, 0.4) is 0 Å². The van der Waals surface area contributed by atoms with Crippen LogP contribution in [0.1, 0.15) is 131 Å². The van der Waals surface area contributed by atoms with Gasteiger partial charge in [0.25, 0.3) is 0 Å². The van der Waals surface area contributed by atoms with Crippen molar-refractivity contribution in [2.45, 2.75) is 131 Å². The zero-order valence-electron chi connectivity index (χ0n) is 24.3. The van der Waals surface area contributed by atoms with Crippen molar-refractivity contribution in [1.29, 1.82) is 0 Å². The summed E-state index contributed by atoms with van der Waals surface area (Å²) in [4.78, 5) is 0. The molecule has 202 valence electrons. The molecule has 1 nitrogen and oxygen atoms in total. The van der Waals surface area contributed by atoms with Gasteiger partial charge in [-0.25, -0.2) is 6.54 Å². The quantitative estimate of drug-likeness (QED) is 0.181. The summed E-state index contributed by atoms with van der Waals surface area (Å²) in [6.45, 7) is 24.6. The van der Waals surface area contributed by atoms with Crippen LogP contribution < -0.4 is 5.32 Å². The van der Waals surface area contributed by atoms with Gasteiger partial charge in [-0.15, -0.1) is 6.58 Å². The van der Waals surface area contributed by atoms with Crippen LogP contribution in [0.25, 0.3) is 0 Å². The Labute approximate surface area is 230 Å². The second kappa shape index (κ2) is 13.6. The third-order valence-electron chi connectivity index (χ3n) is 11.3. The number of nitrogens with one attached hydrogen (secondary N) is 1. The first-order chi connectivity index (χ1) is 16.3. The molecular formula is C33H58CrN-. The van der Waals surface area contributed by atoms with Gasteiger partial charge in [0.05, 0.1) is 0 Å². The standard InChI is InChI=1S/C31H52N.C2H6.Cr/c1-22(2)10-9-21-32-24(4)13-12-23(3)27-16-17-28-26-15-14-25-11-7-8-19-30(25,5)29(26)18-20-31(27,28)6;1-2;/h21,23,25-29,32H,1,4,7-20H2,2-3,5-6H3;1-2H3;/q-1;;. The van der Waals surface area contributed by atoms with Gasteiger partial charge >= 0.3 is 0 Å². The number of rotatable bonds is 9. The Hall–Kier alpha value is -0.188. The molecule has 0 aromatic heterocycles. The Balaban J connectivity index is 0.00000140. The molecule has 0 radical (unpaired) electrons. The molecule has 0 aliphatic heterocycles. The minimum Gasteiger partial charge on any atom is -0.539 e. The maximum absolute atomic E-state index is 4.30. The minimum absolute atomic E-state index is 0. The van der Waals surface area contributed by atoms with Gasteiger partial charge in [-0.3, -0.25) is 0 Å². The largest absolute Gasteiger partial charge is 0.539 e. The molecular weight excluding hydrogens is 462 g/mol.